The van der Waals surface area contributed by atoms with Gasteiger partial charge in [0.1, 0.15) is 5.65 Å². The number of benzene rings is 2. The Morgan fingerprint density at radius 1 is 0.943 bits per heavy atom. The number of rotatable bonds is 4. The van der Waals surface area contributed by atoms with E-state index in [-0.39, 0.29) is 0 Å². The van der Waals surface area contributed by atoms with Crippen LogP contribution in [0.2, 0.25) is 0 Å². The maximum absolute atomic E-state index is 11.8. The molecular weight excluding hydrogens is 434 g/mol. The predicted octanol–water partition coefficient (Wildman–Crippen LogP) is 4.61. The zero-order valence-corrected chi connectivity index (χ0v) is 20.5. The number of carbonyl (C=O) groups is 1. The monoisotopic (exact) mass is 465 g/mol. The molecule has 0 saturated carbocycles. The van der Waals surface area contributed by atoms with Crippen LogP contribution in [0.1, 0.15) is 21.5 Å². The van der Waals surface area contributed by atoms with Crippen LogP contribution in [0.3, 0.4) is 0 Å². The van der Waals surface area contributed by atoms with Crippen molar-refractivity contribution >= 4 is 22.6 Å². The molecule has 0 radical (unpaired) electrons. The van der Waals surface area contributed by atoms with E-state index in [2.05, 4.69) is 52.2 Å². The summed E-state index contributed by atoms with van der Waals surface area (Å²) in [6, 6.07) is 14.9. The van der Waals surface area contributed by atoms with Crippen molar-refractivity contribution in [3.63, 3.8) is 0 Å². The zero-order chi connectivity index (χ0) is 24.3. The molecule has 6 rings (SSSR count). The first-order valence-corrected chi connectivity index (χ1v) is 12.3. The van der Waals surface area contributed by atoms with Gasteiger partial charge in [-0.3, -0.25) is 4.79 Å². The van der Waals surface area contributed by atoms with Crippen molar-refractivity contribution in [1.29, 1.82) is 0 Å². The number of fused-ring (bicyclic) bond motifs is 2. The first-order valence-electron chi connectivity index (χ1n) is 12.3. The van der Waals surface area contributed by atoms with E-state index < -0.39 is 5.91 Å². The largest absolute Gasteiger partial charge is 0.371 e. The molecule has 178 valence electrons. The molecule has 0 aliphatic carbocycles. The number of anilines is 1. The number of aromatic amines is 1. The second-order valence-corrected chi connectivity index (χ2v) is 10.3. The number of nitrogens with one attached hydrogen (secondary N) is 1. The zero-order valence-electron chi connectivity index (χ0n) is 20.5. The normalized spacial score (nSPS) is 20.0. The van der Waals surface area contributed by atoms with Crippen molar-refractivity contribution in [2.75, 3.05) is 38.1 Å². The average Bonchev–Trinajstić information content (AvgIpc) is 3.53. The number of primary amides is 1. The summed E-state index contributed by atoms with van der Waals surface area (Å²) in [7, 11) is 2.23. The number of nitrogens with two attached hydrogens (primary N) is 1. The lowest BCUT2D eigenvalue weighted by molar-refractivity contribution is 0.0999. The van der Waals surface area contributed by atoms with E-state index in [9.17, 15) is 4.79 Å². The van der Waals surface area contributed by atoms with Crippen LogP contribution in [-0.2, 0) is 0 Å². The Morgan fingerprint density at radius 3 is 2.34 bits per heavy atom. The summed E-state index contributed by atoms with van der Waals surface area (Å²) < 4.78 is 0. The summed E-state index contributed by atoms with van der Waals surface area (Å²) in [6.07, 6.45) is 3.93. The molecule has 6 heteroatoms. The number of hydrogen-bond acceptors (Lipinski definition) is 4. The fraction of sp³-hybridized carbons (Fsp3) is 0.310. The van der Waals surface area contributed by atoms with Crippen LogP contribution in [-0.4, -0.2) is 54.0 Å². The number of amides is 1. The highest BCUT2D eigenvalue weighted by Crippen LogP contribution is 2.36. The molecule has 2 aliphatic heterocycles. The molecule has 2 saturated heterocycles. The summed E-state index contributed by atoms with van der Waals surface area (Å²) in [5.74, 6) is 1.19. The van der Waals surface area contributed by atoms with Crippen LogP contribution < -0.4 is 10.6 Å². The number of pyridine rings is 1. The molecule has 2 unspecified atom stereocenters. The molecule has 6 nitrogen and oxygen atoms in total. The summed E-state index contributed by atoms with van der Waals surface area (Å²) in [5.41, 5.74) is 14.7. The van der Waals surface area contributed by atoms with Gasteiger partial charge in [-0.2, -0.15) is 0 Å². The fourth-order valence-electron chi connectivity index (χ4n) is 6.07. The van der Waals surface area contributed by atoms with Gasteiger partial charge in [0.05, 0.1) is 0 Å². The average molecular weight is 466 g/mol. The number of aromatic nitrogens is 2. The third kappa shape index (κ3) is 3.69. The summed E-state index contributed by atoms with van der Waals surface area (Å²) >= 11 is 0. The molecule has 35 heavy (non-hydrogen) atoms. The van der Waals surface area contributed by atoms with Crippen molar-refractivity contribution in [3.05, 3.63) is 71.5 Å². The maximum atomic E-state index is 11.8. The Kier molecular flexibility index (Phi) is 5.15. The number of H-pyrrole nitrogens is 1. The molecule has 2 aliphatic rings. The van der Waals surface area contributed by atoms with Gasteiger partial charge in [0.2, 0.25) is 5.91 Å². The van der Waals surface area contributed by atoms with E-state index >= 15 is 0 Å². The number of carbonyl (C=O) groups excluding carboxylic acids is 1. The lowest BCUT2D eigenvalue weighted by Gasteiger charge is -2.21. The molecular formula is C29H31N5O. The van der Waals surface area contributed by atoms with E-state index in [0.717, 1.165) is 69.3 Å². The summed E-state index contributed by atoms with van der Waals surface area (Å²) in [5, 5.41) is 1.07. The number of hydrogen-bond donors (Lipinski definition) is 2. The van der Waals surface area contributed by atoms with E-state index in [1.54, 1.807) is 0 Å². The number of nitrogens with zero attached hydrogens (tertiary/aromatic N) is 3. The fourth-order valence-corrected chi connectivity index (χ4v) is 6.07. The van der Waals surface area contributed by atoms with Gasteiger partial charge < -0.3 is 20.5 Å². The molecule has 2 aromatic heterocycles. The summed E-state index contributed by atoms with van der Waals surface area (Å²) in [4.78, 5) is 24.8. The number of likely N-dealkylation sites (tertiary alicyclic amines) is 1. The highest BCUT2D eigenvalue weighted by Gasteiger charge is 2.38. The van der Waals surface area contributed by atoms with Gasteiger partial charge in [-0.05, 0) is 79.3 Å². The quantitative estimate of drug-likeness (QED) is 0.461. The smallest absolute Gasteiger partial charge is 0.248 e. The van der Waals surface area contributed by atoms with E-state index in [1.165, 1.54) is 18.8 Å². The Morgan fingerprint density at radius 2 is 1.66 bits per heavy atom. The van der Waals surface area contributed by atoms with Gasteiger partial charge in [-0.1, -0.05) is 18.2 Å². The van der Waals surface area contributed by atoms with Crippen LogP contribution in [0.5, 0.6) is 0 Å². The van der Waals surface area contributed by atoms with Crippen LogP contribution in [0.15, 0.2) is 54.9 Å². The van der Waals surface area contributed by atoms with Crippen molar-refractivity contribution < 1.29 is 4.79 Å². The van der Waals surface area contributed by atoms with Gasteiger partial charge in [-0.25, -0.2) is 4.98 Å². The minimum Gasteiger partial charge on any atom is -0.371 e. The van der Waals surface area contributed by atoms with Crippen molar-refractivity contribution in [2.24, 2.45) is 17.6 Å². The highest BCUT2D eigenvalue weighted by atomic mass is 16.1. The van der Waals surface area contributed by atoms with Gasteiger partial charge in [0.15, 0.2) is 0 Å². The van der Waals surface area contributed by atoms with Crippen molar-refractivity contribution in [3.8, 4) is 22.3 Å². The van der Waals surface area contributed by atoms with Gasteiger partial charge >= 0.3 is 0 Å². The van der Waals surface area contributed by atoms with Crippen LogP contribution in [0, 0.1) is 25.7 Å². The lowest BCUT2D eigenvalue weighted by atomic mass is 9.93. The second-order valence-electron chi connectivity index (χ2n) is 10.3. The lowest BCUT2D eigenvalue weighted by Crippen LogP contribution is -2.26. The van der Waals surface area contributed by atoms with Gasteiger partial charge in [-0.15, -0.1) is 0 Å². The van der Waals surface area contributed by atoms with E-state index in [4.69, 9.17) is 10.7 Å². The minimum atomic E-state index is -0.395. The maximum Gasteiger partial charge on any atom is 0.248 e. The Bertz CT molecular complexity index is 1420. The molecule has 3 N–H and O–H groups in total. The Labute approximate surface area is 205 Å². The van der Waals surface area contributed by atoms with E-state index in [1.807, 2.05) is 38.4 Å². The second kappa shape index (κ2) is 8.24. The minimum absolute atomic E-state index is 0.395. The first-order chi connectivity index (χ1) is 16.9. The molecule has 4 aromatic rings. The third-order valence-electron chi connectivity index (χ3n) is 8.11. The molecule has 2 aromatic carbocycles. The first kappa shape index (κ1) is 21.9. The standard InChI is InChI=1S/C29H31N5O/c1-17-18(2)25(28(30)35)9-8-24(17)27-12-32-29-26(27)10-20(11-31-29)19-4-6-23(7-5-19)34-15-21-13-33(3)14-22(21)16-34/h4-12,21-22H,13-16H2,1-3H3,(H2,30,35)(H,31,32). The van der Waals surface area contributed by atoms with Crippen LogP contribution >= 0.6 is 0 Å². The Hall–Kier alpha value is -3.64. The molecule has 0 bridgehead atoms. The van der Waals surface area contributed by atoms with Gasteiger partial charge in [0, 0.05) is 66.3 Å². The highest BCUT2D eigenvalue weighted by molar-refractivity contribution is 5.99. The SMILES string of the molecule is Cc1c(C(N)=O)ccc(-c2c[nH]c3ncc(-c4ccc(N5CC6CN(C)CC6C5)cc4)cc23)c1C. The topological polar surface area (TPSA) is 78.2 Å². The molecule has 0 spiro atoms. The van der Waals surface area contributed by atoms with Crippen LogP contribution in [0.25, 0.3) is 33.3 Å². The molecule has 1 amide bonds. The molecule has 2 fully saturated rings. The van der Waals surface area contributed by atoms with Crippen LogP contribution in [0.4, 0.5) is 5.69 Å². The predicted molar refractivity (Wildman–Crippen MR) is 142 cm³/mol. The molecule has 2 atom stereocenters. The third-order valence-corrected chi connectivity index (χ3v) is 8.11. The Balaban J connectivity index is 1.30. The van der Waals surface area contributed by atoms with Crippen molar-refractivity contribution in [1.82, 2.24) is 14.9 Å². The van der Waals surface area contributed by atoms with Crippen molar-refractivity contribution in [2.45, 2.75) is 13.8 Å². The van der Waals surface area contributed by atoms with E-state index in [0.29, 0.717) is 5.56 Å². The summed E-state index contributed by atoms with van der Waals surface area (Å²) in [6.45, 7) is 8.73. The molecule has 4 heterocycles. The van der Waals surface area contributed by atoms with Gasteiger partial charge in [0.25, 0.3) is 0 Å².